The summed E-state index contributed by atoms with van der Waals surface area (Å²) in [6.45, 7) is 1.70. The molecule has 0 unspecified atom stereocenters. The first kappa shape index (κ1) is 22.0. The second-order valence-corrected chi connectivity index (χ2v) is 8.33. The molecule has 0 aromatic heterocycles. The van der Waals surface area contributed by atoms with Crippen LogP contribution in [0, 0.1) is 0 Å². The van der Waals surface area contributed by atoms with Gasteiger partial charge in [0, 0.05) is 12.0 Å². The molecule has 0 saturated carbocycles. The summed E-state index contributed by atoms with van der Waals surface area (Å²) in [4.78, 5) is 23.4. The van der Waals surface area contributed by atoms with Crippen LogP contribution in [0.15, 0.2) is 65.6 Å². The van der Waals surface area contributed by atoms with Crippen LogP contribution in [-0.4, -0.2) is 20.3 Å². The first-order valence-corrected chi connectivity index (χ1v) is 10.8. The van der Waals surface area contributed by atoms with Crippen LogP contribution < -0.4 is 21.3 Å². The van der Waals surface area contributed by atoms with Gasteiger partial charge in [-0.25, -0.2) is 13.6 Å². The van der Waals surface area contributed by atoms with Gasteiger partial charge in [0.2, 0.25) is 10.0 Å². The first-order valence-electron chi connectivity index (χ1n) is 9.28. The first-order chi connectivity index (χ1) is 14.6. The average Bonchev–Trinajstić information content (AvgIpc) is 2.73. The Balaban J connectivity index is 2.08. The van der Waals surface area contributed by atoms with Crippen LogP contribution in [-0.2, 0) is 14.8 Å². The summed E-state index contributed by atoms with van der Waals surface area (Å²) in [5.41, 5.74) is 14.5. The van der Waals surface area contributed by atoms with Crippen LogP contribution in [0.1, 0.15) is 23.7 Å². The Morgan fingerprint density at radius 2 is 1.48 bits per heavy atom. The highest BCUT2D eigenvalue weighted by molar-refractivity contribution is 7.89. The summed E-state index contributed by atoms with van der Waals surface area (Å²) in [5.74, 6) is -0.642. The predicted octanol–water partition coefficient (Wildman–Crippen LogP) is 2.66. The number of sulfonamides is 1. The molecule has 0 heterocycles. The smallest absolute Gasteiger partial charge is 0.310 e. The number of primary amides is 1. The molecule has 0 aliphatic heterocycles. The van der Waals surface area contributed by atoms with Crippen molar-refractivity contribution >= 4 is 27.6 Å². The number of carbonyl (C=O) groups excluding carboxylic acids is 2. The molecule has 0 spiro atoms. The third kappa shape index (κ3) is 4.90. The van der Waals surface area contributed by atoms with Crippen molar-refractivity contribution in [2.24, 2.45) is 10.9 Å². The Hall–Kier alpha value is -3.69. The summed E-state index contributed by atoms with van der Waals surface area (Å²) in [7, 11) is -3.84. The van der Waals surface area contributed by atoms with Crippen molar-refractivity contribution < 1.29 is 22.7 Å². The van der Waals surface area contributed by atoms with Gasteiger partial charge in [-0.15, -0.1) is 0 Å². The predicted molar refractivity (Wildman–Crippen MR) is 118 cm³/mol. The molecular weight excluding hydrogens is 418 g/mol. The highest BCUT2D eigenvalue weighted by atomic mass is 32.2. The highest BCUT2D eigenvalue weighted by Crippen LogP contribution is 2.35. The molecule has 0 atom stereocenters. The third-order valence-corrected chi connectivity index (χ3v) is 5.58. The second-order valence-electron chi connectivity index (χ2n) is 6.77. The molecule has 9 heteroatoms. The molecule has 1 amide bonds. The van der Waals surface area contributed by atoms with Gasteiger partial charge in [0.25, 0.3) is 5.91 Å². The number of hydrogen-bond acceptors (Lipinski definition) is 6. The van der Waals surface area contributed by atoms with Gasteiger partial charge >= 0.3 is 5.97 Å². The number of ether oxygens (including phenoxy) is 1. The Bertz CT molecular complexity index is 1250. The monoisotopic (exact) mass is 439 g/mol. The second kappa shape index (κ2) is 8.58. The average molecular weight is 439 g/mol. The summed E-state index contributed by atoms with van der Waals surface area (Å²) >= 11 is 0. The molecule has 0 aliphatic carbocycles. The SMILES string of the molecule is CCC(=O)Oc1ccc(-c2cc(C(N)=O)c(N)c(-c3ccc(S(N)(=O)=O)cc3)c2)cc1. The maximum atomic E-state index is 12.0. The Morgan fingerprint density at radius 1 is 0.903 bits per heavy atom. The lowest BCUT2D eigenvalue weighted by Crippen LogP contribution is -2.14. The number of benzene rings is 3. The van der Waals surface area contributed by atoms with Crippen molar-refractivity contribution in [1.29, 1.82) is 0 Å². The van der Waals surface area contributed by atoms with E-state index in [2.05, 4.69) is 0 Å². The van der Waals surface area contributed by atoms with Crippen molar-refractivity contribution in [2.75, 3.05) is 5.73 Å². The van der Waals surface area contributed by atoms with Crippen molar-refractivity contribution in [2.45, 2.75) is 18.2 Å². The van der Waals surface area contributed by atoms with E-state index in [4.69, 9.17) is 21.3 Å². The molecule has 3 rings (SSSR count). The fraction of sp³-hybridized carbons (Fsp3) is 0.0909. The topological polar surface area (TPSA) is 156 Å². The van der Waals surface area contributed by atoms with Gasteiger partial charge in [-0.2, -0.15) is 0 Å². The molecule has 0 radical (unpaired) electrons. The zero-order valence-corrected chi connectivity index (χ0v) is 17.5. The largest absolute Gasteiger partial charge is 0.427 e. The molecule has 0 aliphatic rings. The number of anilines is 1. The number of hydrogen-bond donors (Lipinski definition) is 3. The number of nitrogens with two attached hydrogens (primary N) is 3. The lowest BCUT2D eigenvalue weighted by molar-refractivity contribution is -0.134. The summed E-state index contributed by atoms with van der Waals surface area (Å²) < 4.78 is 28.2. The van der Waals surface area contributed by atoms with Crippen LogP contribution in [0.3, 0.4) is 0 Å². The Kier molecular flexibility index (Phi) is 6.09. The maximum absolute atomic E-state index is 12.0. The minimum atomic E-state index is -3.84. The third-order valence-electron chi connectivity index (χ3n) is 4.65. The summed E-state index contributed by atoms with van der Waals surface area (Å²) in [6, 6.07) is 15.9. The molecule has 3 aromatic rings. The van der Waals surface area contributed by atoms with E-state index < -0.39 is 15.9 Å². The molecule has 0 saturated heterocycles. The van der Waals surface area contributed by atoms with E-state index in [1.807, 2.05) is 0 Å². The van der Waals surface area contributed by atoms with Crippen LogP contribution >= 0.6 is 0 Å². The van der Waals surface area contributed by atoms with Gasteiger partial charge in [-0.3, -0.25) is 9.59 Å². The minimum absolute atomic E-state index is 0.0432. The molecular formula is C22H21N3O5S. The number of esters is 1. The van der Waals surface area contributed by atoms with Crippen LogP contribution in [0.25, 0.3) is 22.3 Å². The van der Waals surface area contributed by atoms with Crippen molar-refractivity contribution in [3.63, 3.8) is 0 Å². The molecule has 31 heavy (non-hydrogen) atoms. The minimum Gasteiger partial charge on any atom is -0.427 e. The molecule has 8 nitrogen and oxygen atoms in total. The zero-order valence-electron chi connectivity index (χ0n) is 16.7. The van der Waals surface area contributed by atoms with E-state index in [0.29, 0.717) is 22.4 Å². The van der Waals surface area contributed by atoms with E-state index in [0.717, 1.165) is 5.56 Å². The van der Waals surface area contributed by atoms with Gasteiger partial charge in [0.05, 0.1) is 16.1 Å². The Morgan fingerprint density at radius 3 is 2.00 bits per heavy atom. The van der Waals surface area contributed by atoms with E-state index in [1.165, 1.54) is 12.1 Å². The lowest BCUT2D eigenvalue weighted by atomic mass is 9.94. The number of nitrogen functional groups attached to an aromatic ring is 1. The molecule has 0 bridgehead atoms. The number of rotatable bonds is 6. The summed E-state index contributed by atoms with van der Waals surface area (Å²) in [6.07, 6.45) is 0.259. The summed E-state index contributed by atoms with van der Waals surface area (Å²) in [5, 5.41) is 5.15. The fourth-order valence-corrected chi connectivity index (χ4v) is 3.52. The molecule has 160 valence electrons. The number of amides is 1. The quantitative estimate of drug-likeness (QED) is 0.304. The normalized spacial score (nSPS) is 11.2. The molecule has 0 fully saturated rings. The van der Waals surface area contributed by atoms with Crippen molar-refractivity contribution in [3.05, 3.63) is 66.2 Å². The number of primary sulfonamides is 1. The molecule has 3 aromatic carbocycles. The van der Waals surface area contributed by atoms with Gasteiger partial charge in [-0.1, -0.05) is 31.2 Å². The lowest BCUT2D eigenvalue weighted by Gasteiger charge is -2.14. The van der Waals surface area contributed by atoms with Crippen LogP contribution in [0.2, 0.25) is 0 Å². The van der Waals surface area contributed by atoms with Gasteiger partial charge < -0.3 is 16.2 Å². The van der Waals surface area contributed by atoms with Crippen molar-refractivity contribution in [3.8, 4) is 28.0 Å². The van der Waals surface area contributed by atoms with E-state index in [1.54, 1.807) is 55.5 Å². The van der Waals surface area contributed by atoms with Crippen LogP contribution in [0.4, 0.5) is 5.69 Å². The molecule has 6 N–H and O–H groups in total. The van der Waals surface area contributed by atoms with Gasteiger partial charge in [-0.05, 0) is 53.1 Å². The maximum Gasteiger partial charge on any atom is 0.310 e. The van der Waals surface area contributed by atoms with E-state index >= 15 is 0 Å². The van der Waals surface area contributed by atoms with Crippen LogP contribution in [0.5, 0.6) is 5.75 Å². The standard InChI is InChI=1S/C22H21N3O5S/c1-2-20(26)30-16-7-3-13(4-8-16)15-11-18(21(23)19(12-15)22(24)27)14-5-9-17(10-6-14)31(25,28)29/h3-12H,2,23H2,1H3,(H2,24,27)(H2,25,28,29). The van der Waals surface area contributed by atoms with E-state index in [9.17, 15) is 18.0 Å². The fourth-order valence-electron chi connectivity index (χ4n) is 3.01. The van der Waals surface area contributed by atoms with Crippen molar-refractivity contribution in [1.82, 2.24) is 0 Å². The highest BCUT2D eigenvalue weighted by Gasteiger charge is 2.16. The number of carbonyl (C=O) groups is 2. The van der Waals surface area contributed by atoms with Gasteiger partial charge in [0.1, 0.15) is 5.75 Å². The van der Waals surface area contributed by atoms with Gasteiger partial charge in [0.15, 0.2) is 0 Å². The Labute approximate surface area is 179 Å². The zero-order chi connectivity index (χ0) is 22.8. The van der Waals surface area contributed by atoms with E-state index in [-0.39, 0.29) is 28.5 Å².